The van der Waals surface area contributed by atoms with Crippen molar-refractivity contribution < 1.29 is 8.42 Å². The van der Waals surface area contributed by atoms with Crippen molar-refractivity contribution in [1.29, 1.82) is 0 Å². The third kappa shape index (κ3) is 5.77. The lowest BCUT2D eigenvalue weighted by atomic mass is 10.0. The fourth-order valence-corrected chi connectivity index (χ4v) is 4.97. The van der Waals surface area contributed by atoms with E-state index in [1.807, 2.05) is 30.3 Å². The van der Waals surface area contributed by atoms with Gasteiger partial charge in [-0.3, -0.25) is 9.98 Å². The molecule has 2 heterocycles. The molecule has 1 aliphatic rings. The predicted octanol–water partition coefficient (Wildman–Crippen LogP) is 2.37. The quantitative estimate of drug-likeness (QED) is 0.559. The van der Waals surface area contributed by atoms with E-state index in [-0.39, 0.29) is 0 Å². The number of benzene rings is 1. The molecule has 0 bridgehead atoms. The topological polar surface area (TPSA) is 86.7 Å². The maximum absolute atomic E-state index is 12.9. The summed E-state index contributed by atoms with van der Waals surface area (Å²) in [6, 6.07) is 12.8. The second kappa shape index (κ2) is 9.84. The summed E-state index contributed by atoms with van der Waals surface area (Å²) >= 11 is 0. The number of rotatable bonds is 6. The summed E-state index contributed by atoms with van der Waals surface area (Å²) in [5.41, 5.74) is 1.91. The van der Waals surface area contributed by atoms with Crippen molar-refractivity contribution in [1.82, 2.24) is 19.9 Å². The van der Waals surface area contributed by atoms with Gasteiger partial charge in [-0.05, 0) is 48.6 Å². The summed E-state index contributed by atoms with van der Waals surface area (Å²) in [4.78, 5) is 8.83. The number of sulfonamides is 1. The second-order valence-electron chi connectivity index (χ2n) is 7.35. The molecule has 0 radical (unpaired) electrons. The van der Waals surface area contributed by atoms with Gasteiger partial charge in [0, 0.05) is 32.9 Å². The standard InChI is InChI=1S/C21H29N5O2S/c1-17-6-5-13-26(16-17)29(27,28)20-10-8-18(9-11-20)14-24-21(22-2)25-15-19-7-3-4-12-23-19/h3-4,7-12,17H,5-6,13-16H2,1-2H3,(H2,22,24,25). The van der Waals surface area contributed by atoms with Crippen LogP contribution in [0.3, 0.4) is 0 Å². The molecule has 0 saturated carbocycles. The Balaban J connectivity index is 1.55. The molecule has 2 aromatic rings. The Kier molecular flexibility index (Phi) is 7.22. The van der Waals surface area contributed by atoms with Crippen LogP contribution in [0, 0.1) is 5.92 Å². The minimum atomic E-state index is -3.42. The summed E-state index contributed by atoms with van der Waals surface area (Å²) in [6.07, 6.45) is 3.77. The molecule has 2 N–H and O–H groups in total. The van der Waals surface area contributed by atoms with E-state index >= 15 is 0 Å². The van der Waals surface area contributed by atoms with Crippen LogP contribution in [0.15, 0.2) is 58.5 Å². The highest BCUT2D eigenvalue weighted by atomic mass is 32.2. The lowest BCUT2D eigenvalue weighted by Crippen LogP contribution is -2.39. The average molecular weight is 416 g/mol. The Labute approximate surface area is 173 Å². The Hall–Kier alpha value is -2.45. The van der Waals surface area contributed by atoms with E-state index in [0.717, 1.165) is 24.1 Å². The minimum absolute atomic E-state index is 0.355. The fraction of sp³-hybridized carbons (Fsp3) is 0.429. The van der Waals surface area contributed by atoms with Crippen molar-refractivity contribution in [3.8, 4) is 0 Å². The van der Waals surface area contributed by atoms with Gasteiger partial charge in [-0.1, -0.05) is 25.1 Å². The van der Waals surface area contributed by atoms with Crippen LogP contribution in [-0.2, 0) is 23.1 Å². The lowest BCUT2D eigenvalue weighted by molar-refractivity contribution is 0.281. The number of hydrogen-bond donors (Lipinski definition) is 2. The van der Waals surface area contributed by atoms with Gasteiger partial charge in [-0.2, -0.15) is 4.31 Å². The summed E-state index contributed by atoms with van der Waals surface area (Å²) < 4.78 is 27.3. The van der Waals surface area contributed by atoms with E-state index in [0.29, 0.717) is 43.0 Å². The molecule has 29 heavy (non-hydrogen) atoms. The van der Waals surface area contributed by atoms with Crippen LogP contribution in [0.2, 0.25) is 0 Å². The van der Waals surface area contributed by atoms with Crippen molar-refractivity contribution >= 4 is 16.0 Å². The zero-order chi connectivity index (χ0) is 20.7. The van der Waals surface area contributed by atoms with Crippen molar-refractivity contribution in [2.24, 2.45) is 10.9 Å². The molecule has 0 amide bonds. The van der Waals surface area contributed by atoms with E-state index in [2.05, 4.69) is 27.5 Å². The van der Waals surface area contributed by atoms with Crippen LogP contribution in [0.1, 0.15) is 31.0 Å². The van der Waals surface area contributed by atoms with Gasteiger partial charge in [0.15, 0.2) is 5.96 Å². The third-order valence-corrected chi connectivity index (χ3v) is 6.91. The Morgan fingerprint density at radius 3 is 2.59 bits per heavy atom. The normalized spacial score (nSPS) is 18.4. The third-order valence-electron chi connectivity index (χ3n) is 5.03. The molecule has 1 fully saturated rings. The minimum Gasteiger partial charge on any atom is -0.352 e. The van der Waals surface area contributed by atoms with Crippen molar-refractivity contribution in [2.45, 2.75) is 37.8 Å². The molecule has 1 aromatic carbocycles. The Morgan fingerprint density at radius 2 is 1.93 bits per heavy atom. The number of nitrogens with zero attached hydrogens (tertiary/aromatic N) is 3. The Bertz CT molecular complexity index is 914. The van der Waals surface area contributed by atoms with Crippen molar-refractivity contribution in [3.05, 3.63) is 59.9 Å². The van der Waals surface area contributed by atoms with Gasteiger partial charge >= 0.3 is 0 Å². The van der Waals surface area contributed by atoms with Gasteiger partial charge in [0.05, 0.1) is 17.1 Å². The van der Waals surface area contributed by atoms with Gasteiger partial charge in [-0.25, -0.2) is 8.42 Å². The van der Waals surface area contributed by atoms with E-state index < -0.39 is 10.0 Å². The van der Waals surface area contributed by atoms with Crippen LogP contribution < -0.4 is 10.6 Å². The monoisotopic (exact) mass is 415 g/mol. The highest BCUT2D eigenvalue weighted by Gasteiger charge is 2.28. The van der Waals surface area contributed by atoms with Gasteiger partial charge in [0.1, 0.15) is 0 Å². The van der Waals surface area contributed by atoms with E-state index in [9.17, 15) is 8.42 Å². The molecule has 7 nitrogen and oxygen atoms in total. The number of aromatic nitrogens is 1. The molecular weight excluding hydrogens is 386 g/mol. The van der Waals surface area contributed by atoms with Crippen molar-refractivity contribution in [3.63, 3.8) is 0 Å². The first kappa shape index (κ1) is 21.3. The van der Waals surface area contributed by atoms with Gasteiger partial charge in [0.2, 0.25) is 10.0 Å². The summed E-state index contributed by atoms with van der Waals surface area (Å²) in [5, 5.41) is 6.45. The molecule has 1 saturated heterocycles. The highest BCUT2D eigenvalue weighted by molar-refractivity contribution is 7.89. The fourth-order valence-electron chi connectivity index (χ4n) is 3.38. The SMILES string of the molecule is CN=C(NCc1ccc(S(=O)(=O)N2CCCC(C)C2)cc1)NCc1ccccn1. The highest BCUT2D eigenvalue weighted by Crippen LogP contribution is 2.23. The van der Waals surface area contributed by atoms with Crippen LogP contribution in [0.5, 0.6) is 0 Å². The number of aliphatic imine (C=N–C) groups is 1. The molecule has 0 aliphatic carbocycles. The summed E-state index contributed by atoms with van der Waals surface area (Å²) in [7, 11) is -1.71. The van der Waals surface area contributed by atoms with Gasteiger partial charge in [-0.15, -0.1) is 0 Å². The first-order chi connectivity index (χ1) is 14.0. The zero-order valence-corrected chi connectivity index (χ0v) is 17.8. The lowest BCUT2D eigenvalue weighted by Gasteiger charge is -2.30. The van der Waals surface area contributed by atoms with Gasteiger partial charge < -0.3 is 10.6 Å². The summed E-state index contributed by atoms with van der Waals surface area (Å²) in [5.74, 6) is 1.07. The second-order valence-corrected chi connectivity index (χ2v) is 9.29. The molecule has 0 spiro atoms. The van der Waals surface area contributed by atoms with Crippen LogP contribution >= 0.6 is 0 Å². The maximum atomic E-state index is 12.9. The smallest absolute Gasteiger partial charge is 0.243 e. The Morgan fingerprint density at radius 1 is 1.17 bits per heavy atom. The average Bonchev–Trinajstić information content (AvgIpc) is 2.75. The van der Waals surface area contributed by atoms with E-state index in [1.165, 1.54) is 0 Å². The molecule has 8 heteroatoms. The van der Waals surface area contributed by atoms with Crippen LogP contribution in [-0.4, -0.2) is 43.8 Å². The molecule has 3 rings (SSSR count). The zero-order valence-electron chi connectivity index (χ0n) is 17.0. The number of guanidine groups is 1. The predicted molar refractivity (Wildman–Crippen MR) is 115 cm³/mol. The number of hydrogen-bond acceptors (Lipinski definition) is 4. The molecule has 1 unspecified atom stereocenters. The molecule has 156 valence electrons. The van der Waals surface area contributed by atoms with Crippen molar-refractivity contribution in [2.75, 3.05) is 20.1 Å². The molecule has 1 aromatic heterocycles. The van der Waals surface area contributed by atoms with E-state index in [1.54, 1.807) is 29.7 Å². The molecule has 1 atom stereocenters. The van der Waals surface area contributed by atoms with Gasteiger partial charge in [0.25, 0.3) is 0 Å². The molecule has 1 aliphatic heterocycles. The van der Waals surface area contributed by atoms with E-state index in [4.69, 9.17) is 0 Å². The number of piperidine rings is 1. The molecular formula is C21H29N5O2S. The maximum Gasteiger partial charge on any atom is 0.243 e. The number of pyridine rings is 1. The largest absolute Gasteiger partial charge is 0.352 e. The van der Waals surface area contributed by atoms with Crippen LogP contribution in [0.25, 0.3) is 0 Å². The van der Waals surface area contributed by atoms with Crippen LogP contribution in [0.4, 0.5) is 0 Å². The number of nitrogens with one attached hydrogen (secondary N) is 2. The first-order valence-corrected chi connectivity index (χ1v) is 11.4. The first-order valence-electron chi connectivity index (χ1n) is 9.92. The summed E-state index contributed by atoms with van der Waals surface area (Å²) in [6.45, 7) is 4.43.